The molecule has 1 N–H and O–H groups in total. The molecule has 1 atom stereocenters. The Morgan fingerprint density at radius 1 is 1.12 bits per heavy atom. The number of halogens is 3. The number of benzene rings is 1. The summed E-state index contributed by atoms with van der Waals surface area (Å²) in [6.07, 6.45) is -6.42. The van der Waals surface area contributed by atoms with Crippen LogP contribution in [-0.2, 0) is 16.1 Å². The summed E-state index contributed by atoms with van der Waals surface area (Å²) in [6, 6.07) is 6.08. The van der Waals surface area contributed by atoms with E-state index in [2.05, 4.69) is 20.6 Å². The number of carbonyl (C=O) groups is 2. The molecule has 0 aromatic heterocycles. The summed E-state index contributed by atoms with van der Waals surface area (Å²) in [5.74, 6) is -1.04. The molecule has 0 bridgehead atoms. The van der Waals surface area contributed by atoms with Crippen molar-refractivity contribution in [2.45, 2.75) is 45.5 Å². The largest absolute Gasteiger partial charge is 0.481 e. The predicted octanol–water partition coefficient (Wildman–Crippen LogP) is 3.50. The lowest BCUT2D eigenvalue weighted by Gasteiger charge is -2.37. The molecule has 1 amide bonds. The molecule has 0 aliphatic carbocycles. The van der Waals surface area contributed by atoms with Gasteiger partial charge in [0.2, 0.25) is 0 Å². The first-order chi connectivity index (χ1) is 15.1. The zero-order chi connectivity index (χ0) is 23.5. The number of aryl methyl sites for hydroxylation is 1. The summed E-state index contributed by atoms with van der Waals surface area (Å²) in [4.78, 5) is 29.0. The van der Waals surface area contributed by atoms with Gasteiger partial charge in [-0.05, 0) is 37.8 Å². The van der Waals surface area contributed by atoms with E-state index in [-0.39, 0.29) is 5.92 Å². The first-order valence-corrected chi connectivity index (χ1v) is 10.9. The van der Waals surface area contributed by atoms with E-state index in [4.69, 9.17) is 0 Å². The minimum atomic E-state index is -4.57. The Kier molecular flexibility index (Phi) is 7.53. The molecule has 10 heteroatoms. The number of carbonyl (C=O) groups excluding carboxylic acids is 1. The van der Waals surface area contributed by atoms with Crippen molar-refractivity contribution in [1.82, 2.24) is 9.80 Å². The zero-order valence-electron chi connectivity index (χ0n) is 18.4. The van der Waals surface area contributed by atoms with Crippen LogP contribution < -0.4 is 4.90 Å². The van der Waals surface area contributed by atoms with Gasteiger partial charge < -0.3 is 19.6 Å². The Morgan fingerprint density at radius 2 is 1.75 bits per heavy atom. The molecule has 0 radical (unpaired) electrons. The van der Waals surface area contributed by atoms with Crippen LogP contribution in [0.25, 0.3) is 0 Å². The van der Waals surface area contributed by atoms with E-state index < -0.39 is 24.3 Å². The summed E-state index contributed by atoms with van der Waals surface area (Å²) in [7, 11) is 0. The number of carboxylic acid groups (broad SMARTS) is 1. The van der Waals surface area contributed by atoms with Crippen molar-refractivity contribution in [1.29, 1.82) is 0 Å². The van der Waals surface area contributed by atoms with Gasteiger partial charge in [-0.1, -0.05) is 18.2 Å². The SMILES string of the molecule is Cc1cccc(CN2CCN(C(=O)OC(C)C(F)(F)F)CC2)c1N1CCC(C(=O)O)CC1. The molecule has 7 nitrogen and oxygen atoms in total. The number of piperidine rings is 1. The van der Waals surface area contributed by atoms with E-state index in [0.717, 1.165) is 23.7 Å². The standard InChI is InChI=1S/C22H30F3N3O4/c1-15-4-3-5-18(19(15)27-8-6-17(7-9-27)20(29)30)14-26-10-12-28(13-11-26)21(31)32-16(2)22(23,24)25/h3-5,16-17H,6-14H2,1-2H3,(H,29,30). The van der Waals surface area contributed by atoms with Crippen molar-refractivity contribution in [2.75, 3.05) is 44.2 Å². The van der Waals surface area contributed by atoms with Crippen LogP contribution >= 0.6 is 0 Å². The lowest BCUT2D eigenvalue weighted by atomic mass is 9.95. The molecule has 3 rings (SSSR count). The number of alkyl halides is 3. The first kappa shape index (κ1) is 24.2. The van der Waals surface area contributed by atoms with Gasteiger partial charge in [-0.2, -0.15) is 13.2 Å². The molecular formula is C22H30F3N3O4. The van der Waals surface area contributed by atoms with Crippen LogP contribution in [0.4, 0.5) is 23.7 Å². The van der Waals surface area contributed by atoms with Gasteiger partial charge in [0.15, 0.2) is 6.10 Å². The van der Waals surface area contributed by atoms with E-state index >= 15 is 0 Å². The number of nitrogens with zero attached hydrogens (tertiary/aromatic N) is 3. The molecule has 2 aliphatic heterocycles. The maximum Gasteiger partial charge on any atom is 0.425 e. The maximum absolute atomic E-state index is 12.6. The number of piperazine rings is 1. The summed E-state index contributed by atoms with van der Waals surface area (Å²) < 4.78 is 42.4. The second kappa shape index (κ2) is 9.97. The van der Waals surface area contributed by atoms with Gasteiger partial charge in [0, 0.05) is 51.5 Å². The number of hydrogen-bond acceptors (Lipinski definition) is 5. The van der Waals surface area contributed by atoms with Crippen LogP contribution in [0.1, 0.15) is 30.9 Å². The number of aliphatic carboxylic acids is 1. The number of amides is 1. The molecule has 1 aromatic carbocycles. The van der Waals surface area contributed by atoms with E-state index in [0.29, 0.717) is 58.7 Å². The van der Waals surface area contributed by atoms with Gasteiger partial charge >= 0.3 is 18.2 Å². The fourth-order valence-electron chi connectivity index (χ4n) is 4.27. The third-order valence-corrected chi connectivity index (χ3v) is 6.24. The summed E-state index contributed by atoms with van der Waals surface area (Å²) in [6.45, 7) is 6.55. The number of hydrogen-bond donors (Lipinski definition) is 1. The minimum Gasteiger partial charge on any atom is -0.481 e. The highest BCUT2D eigenvalue weighted by molar-refractivity contribution is 5.71. The molecule has 2 fully saturated rings. The number of rotatable bonds is 5. The van der Waals surface area contributed by atoms with Crippen molar-refractivity contribution < 1.29 is 32.6 Å². The van der Waals surface area contributed by atoms with Crippen LogP contribution in [-0.4, -0.2) is 78.5 Å². The minimum absolute atomic E-state index is 0.299. The summed E-state index contributed by atoms with van der Waals surface area (Å²) in [5, 5.41) is 9.25. The Balaban J connectivity index is 1.58. The fraction of sp³-hybridized carbons (Fsp3) is 0.636. The number of anilines is 1. The smallest absolute Gasteiger partial charge is 0.425 e. The molecule has 2 aliphatic rings. The Morgan fingerprint density at radius 3 is 2.31 bits per heavy atom. The molecule has 1 aromatic rings. The van der Waals surface area contributed by atoms with E-state index in [1.54, 1.807) is 0 Å². The number of ether oxygens (including phenoxy) is 1. The molecule has 1 unspecified atom stereocenters. The van der Waals surface area contributed by atoms with Crippen LogP contribution in [0.15, 0.2) is 18.2 Å². The Bertz CT molecular complexity index is 817. The van der Waals surface area contributed by atoms with Gasteiger partial charge in [0.25, 0.3) is 0 Å². The van der Waals surface area contributed by atoms with Crippen LogP contribution in [0.5, 0.6) is 0 Å². The van der Waals surface area contributed by atoms with Crippen LogP contribution in [0.3, 0.4) is 0 Å². The van der Waals surface area contributed by atoms with Crippen molar-refractivity contribution >= 4 is 17.7 Å². The third kappa shape index (κ3) is 5.85. The lowest BCUT2D eigenvalue weighted by Crippen LogP contribution is -2.49. The number of para-hydroxylation sites is 1. The van der Waals surface area contributed by atoms with E-state index in [1.165, 1.54) is 4.90 Å². The Labute approximate surface area is 185 Å². The highest BCUT2D eigenvalue weighted by Crippen LogP contribution is 2.31. The van der Waals surface area contributed by atoms with Gasteiger partial charge in [0.05, 0.1) is 5.92 Å². The van der Waals surface area contributed by atoms with Crippen molar-refractivity contribution in [3.63, 3.8) is 0 Å². The molecule has 32 heavy (non-hydrogen) atoms. The monoisotopic (exact) mass is 457 g/mol. The average Bonchev–Trinajstić information content (AvgIpc) is 2.74. The summed E-state index contributed by atoms with van der Waals surface area (Å²) >= 11 is 0. The van der Waals surface area contributed by atoms with E-state index in [9.17, 15) is 27.9 Å². The molecule has 2 heterocycles. The Hall–Kier alpha value is -2.49. The lowest BCUT2D eigenvalue weighted by molar-refractivity contribution is -0.200. The van der Waals surface area contributed by atoms with Gasteiger partial charge in [-0.25, -0.2) is 4.79 Å². The zero-order valence-corrected chi connectivity index (χ0v) is 18.4. The first-order valence-electron chi connectivity index (χ1n) is 10.9. The molecule has 0 spiro atoms. The highest BCUT2D eigenvalue weighted by atomic mass is 19.4. The van der Waals surface area contributed by atoms with Crippen LogP contribution in [0, 0.1) is 12.8 Å². The van der Waals surface area contributed by atoms with Gasteiger partial charge in [-0.15, -0.1) is 0 Å². The second-order valence-corrected chi connectivity index (χ2v) is 8.51. The maximum atomic E-state index is 12.6. The van der Waals surface area contributed by atoms with Crippen molar-refractivity contribution in [3.05, 3.63) is 29.3 Å². The summed E-state index contributed by atoms with van der Waals surface area (Å²) in [5.41, 5.74) is 3.37. The van der Waals surface area contributed by atoms with E-state index in [1.807, 2.05) is 19.1 Å². The third-order valence-electron chi connectivity index (χ3n) is 6.24. The normalized spacial score (nSPS) is 19.7. The predicted molar refractivity (Wildman–Crippen MR) is 113 cm³/mol. The number of carboxylic acids is 1. The highest BCUT2D eigenvalue weighted by Gasteiger charge is 2.40. The van der Waals surface area contributed by atoms with Crippen LogP contribution in [0.2, 0.25) is 0 Å². The topological polar surface area (TPSA) is 73.3 Å². The molecule has 178 valence electrons. The molecule has 0 saturated carbocycles. The van der Waals surface area contributed by atoms with Gasteiger partial charge in [-0.3, -0.25) is 9.69 Å². The van der Waals surface area contributed by atoms with Crippen molar-refractivity contribution in [2.24, 2.45) is 5.92 Å². The fourth-order valence-corrected chi connectivity index (χ4v) is 4.27. The molecular weight excluding hydrogens is 427 g/mol. The molecule has 2 saturated heterocycles. The second-order valence-electron chi connectivity index (χ2n) is 8.51. The quantitative estimate of drug-likeness (QED) is 0.730. The van der Waals surface area contributed by atoms with Crippen molar-refractivity contribution in [3.8, 4) is 0 Å². The average molecular weight is 457 g/mol. The van der Waals surface area contributed by atoms with Gasteiger partial charge in [0.1, 0.15) is 0 Å².